The van der Waals surface area contributed by atoms with Crippen LogP contribution in [0.5, 0.6) is 0 Å². The maximum absolute atomic E-state index is 10.7. The van der Waals surface area contributed by atoms with Crippen molar-refractivity contribution in [1.82, 2.24) is 0 Å². The third-order valence-electron chi connectivity index (χ3n) is 1.90. The zero-order valence-electron chi connectivity index (χ0n) is 7.91. The van der Waals surface area contributed by atoms with E-state index in [4.69, 9.17) is 4.74 Å². The molecule has 0 atom stereocenters. The molecule has 0 unspecified atom stereocenters. The van der Waals surface area contributed by atoms with Crippen LogP contribution in [-0.2, 0) is 14.3 Å². The van der Waals surface area contributed by atoms with Crippen LogP contribution in [0.25, 0.3) is 0 Å². The number of rotatable bonds is 5. The molecule has 0 saturated heterocycles. The predicted octanol–water partition coefficient (Wildman–Crippen LogP) is 1.15. The lowest BCUT2D eigenvalue weighted by Gasteiger charge is -2.00. The Hall–Kier alpha value is -1.06. The average Bonchev–Trinajstić information content (AvgIpc) is 2.64. The van der Waals surface area contributed by atoms with Gasteiger partial charge in [-0.2, -0.15) is 0 Å². The van der Waals surface area contributed by atoms with Crippen LogP contribution in [0.2, 0.25) is 0 Å². The number of aliphatic imine (C=N–C) groups is 1. The Labute approximate surface area is 77.9 Å². The third-order valence-corrected chi connectivity index (χ3v) is 1.90. The molecule has 1 heterocycles. The van der Waals surface area contributed by atoms with E-state index < -0.39 is 0 Å². The van der Waals surface area contributed by atoms with Crippen LogP contribution < -0.4 is 0 Å². The molecule has 1 aliphatic rings. The number of hydrogen-bond donors (Lipinski definition) is 0. The first-order valence-corrected chi connectivity index (χ1v) is 4.56. The van der Waals surface area contributed by atoms with E-state index >= 15 is 0 Å². The van der Waals surface area contributed by atoms with Gasteiger partial charge in [0, 0.05) is 12.8 Å². The van der Waals surface area contributed by atoms with Crippen LogP contribution in [-0.4, -0.2) is 32.1 Å². The largest absolute Gasteiger partial charge is 0.479 e. The molecule has 4 nitrogen and oxygen atoms in total. The molecule has 0 bridgehead atoms. The van der Waals surface area contributed by atoms with Crippen LogP contribution in [0.15, 0.2) is 4.99 Å². The first-order chi connectivity index (χ1) is 6.33. The maximum atomic E-state index is 10.7. The second-order valence-electron chi connectivity index (χ2n) is 2.91. The van der Waals surface area contributed by atoms with Gasteiger partial charge in [-0.1, -0.05) is 0 Å². The Morgan fingerprint density at radius 3 is 3.08 bits per heavy atom. The fraction of sp³-hybridized carbons (Fsp3) is 0.778. The quantitative estimate of drug-likeness (QED) is 0.477. The van der Waals surface area contributed by atoms with E-state index in [0.29, 0.717) is 13.0 Å². The summed E-state index contributed by atoms with van der Waals surface area (Å²) in [5.74, 6) is 0.694. The second kappa shape index (κ2) is 5.56. The summed E-state index contributed by atoms with van der Waals surface area (Å²) in [6.07, 6.45) is 3.11. The number of carbonyl (C=O) groups is 1. The molecule has 0 spiro atoms. The summed E-state index contributed by atoms with van der Waals surface area (Å²) >= 11 is 0. The van der Waals surface area contributed by atoms with E-state index in [1.54, 1.807) is 0 Å². The van der Waals surface area contributed by atoms with Gasteiger partial charge in [-0.25, -0.2) is 0 Å². The molecule has 4 heteroatoms. The molecule has 1 rings (SSSR count). The first-order valence-electron chi connectivity index (χ1n) is 4.56. The van der Waals surface area contributed by atoms with Gasteiger partial charge in [0.1, 0.15) is 6.61 Å². The summed E-state index contributed by atoms with van der Waals surface area (Å²) in [6, 6.07) is 0. The third kappa shape index (κ3) is 3.92. The fourth-order valence-corrected chi connectivity index (χ4v) is 1.18. The van der Waals surface area contributed by atoms with E-state index in [0.717, 1.165) is 31.7 Å². The zero-order valence-corrected chi connectivity index (χ0v) is 7.91. The lowest BCUT2D eigenvalue weighted by Crippen LogP contribution is -2.02. The fourth-order valence-electron chi connectivity index (χ4n) is 1.18. The Balaban J connectivity index is 1.97. The maximum Gasteiger partial charge on any atom is 0.305 e. The lowest BCUT2D eigenvalue weighted by atomic mass is 10.2. The van der Waals surface area contributed by atoms with Gasteiger partial charge in [0.15, 0.2) is 5.90 Å². The number of nitrogens with zero attached hydrogens (tertiary/aromatic N) is 1. The minimum absolute atomic E-state index is 0.144. The van der Waals surface area contributed by atoms with E-state index in [-0.39, 0.29) is 5.97 Å². The van der Waals surface area contributed by atoms with Crippen molar-refractivity contribution in [3.63, 3.8) is 0 Å². The van der Waals surface area contributed by atoms with Gasteiger partial charge in [0.2, 0.25) is 0 Å². The van der Waals surface area contributed by atoms with Crippen LogP contribution in [0.1, 0.15) is 25.7 Å². The highest BCUT2D eigenvalue weighted by atomic mass is 16.5. The standard InChI is InChI=1S/C9H15NO3/c1-12-9(11)5-3-2-4-8-10-6-7-13-8/h2-7H2,1H3. The zero-order chi connectivity index (χ0) is 9.52. The highest BCUT2D eigenvalue weighted by Gasteiger charge is 2.07. The van der Waals surface area contributed by atoms with Crippen molar-refractivity contribution in [2.75, 3.05) is 20.3 Å². The molecule has 1 aliphatic heterocycles. The summed E-state index contributed by atoms with van der Waals surface area (Å²) < 4.78 is 9.74. The molecule has 74 valence electrons. The molecule has 0 N–H and O–H groups in total. The Morgan fingerprint density at radius 2 is 2.46 bits per heavy atom. The van der Waals surface area contributed by atoms with Gasteiger partial charge in [0.25, 0.3) is 0 Å². The van der Waals surface area contributed by atoms with Crippen molar-refractivity contribution in [1.29, 1.82) is 0 Å². The highest BCUT2D eigenvalue weighted by molar-refractivity contribution is 5.77. The van der Waals surface area contributed by atoms with Crippen molar-refractivity contribution in [2.45, 2.75) is 25.7 Å². The minimum atomic E-state index is -0.144. The topological polar surface area (TPSA) is 47.9 Å². The van der Waals surface area contributed by atoms with E-state index in [1.165, 1.54) is 7.11 Å². The van der Waals surface area contributed by atoms with Crippen LogP contribution in [0.4, 0.5) is 0 Å². The minimum Gasteiger partial charge on any atom is -0.479 e. The van der Waals surface area contributed by atoms with Crippen molar-refractivity contribution < 1.29 is 14.3 Å². The molecule has 0 aliphatic carbocycles. The smallest absolute Gasteiger partial charge is 0.305 e. The molecule has 13 heavy (non-hydrogen) atoms. The number of ether oxygens (including phenoxy) is 2. The van der Waals surface area contributed by atoms with Gasteiger partial charge in [-0.3, -0.25) is 9.79 Å². The first kappa shape index (κ1) is 10.0. The Kier molecular flexibility index (Phi) is 4.29. The van der Waals surface area contributed by atoms with E-state index in [2.05, 4.69) is 9.73 Å². The lowest BCUT2D eigenvalue weighted by molar-refractivity contribution is -0.140. The van der Waals surface area contributed by atoms with E-state index in [1.807, 2.05) is 0 Å². The molecular formula is C9H15NO3. The molecule has 0 saturated carbocycles. The van der Waals surface area contributed by atoms with Gasteiger partial charge < -0.3 is 9.47 Å². The Morgan fingerprint density at radius 1 is 1.62 bits per heavy atom. The Bertz CT molecular complexity index is 201. The van der Waals surface area contributed by atoms with E-state index in [9.17, 15) is 4.79 Å². The molecule has 0 aromatic rings. The number of hydrogen-bond acceptors (Lipinski definition) is 4. The number of unbranched alkanes of at least 4 members (excludes halogenated alkanes) is 1. The van der Waals surface area contributed by atoms with Gasteiger partial charge >= 0.3 is 5.97 Å². The van der Waals surface area contributed by atoms with Crippen molar-refractivity contribution in [3.05, 3.63) is 0 Å². The summed E-state index contributed by atoms with van der Waals surface area (Å²) in [7, 11) is 1.41. The summed E-state index contributed by atoms with van der Waals surface area (Å²) in [6.45, 7) is 1.50. The number of methoxy groups -OCH3 is 1. The van der Waals surface area contributed by atoms with Crippen molar-refractivity contribution >= 4 is 11.9 Å². The molecule has 0 fully saturated rings. The number of esters is 1. The molecule has 0 aromatic heterocycles. The second-order valence-corrected chi connectivity index (χ2v) is 2.91. The molecule has 0 radical (unpaired) electrons. The normalized spacial score (nSPS) is 15.0. The highest BCUT2D eigenvalue weighted by Crippen LogP contribution is 2.06. The SMILES string of the molecule is COC(=O)CCCCC1=NCCO1. The van der Waals surface area contributed by atoms with Crippen molar-refractivity contribution in [2.24, 2.45) is 4.99 Å². The van der Waals surface area contributed by atoms with Crippen molar-refractivity contribution in [3.8, 4) is 0 Å². The monoisotopic (exact) mass is 185 g/mol. The summed E-state index contributed by atoms with van der Waals surface area (Å²) in [5, 5.41) is 0. The van der Waals surface area contributed by atoms with Crippen LogP contribution >= 0.6 is 0 Å². The summed E-state index contributed by atoms with van der Waals surface area (Å²) in [4.78, 5) is 14.9. The molecular weight excluding hydrogens is 170 g/mol. The van der Waals surface area contributed by atoms with Crippen LogP contribution in [0.3, 0.4) is 0 Å². The van der Waals surface area contributed by atoms with Gasteiger partial charge in [0.05, 0.1) is 13.7 Å². The average molecular weight is 185 g/mol. The number of carbonyl (C=O) groups excluding carboxylic acids is 1. The van der Waals surface area contributed by atoms with Gasteiger partial charge in [-0.05, 0) is 12.8 Å². The predicted molar refractivity (Wildman–Crippen MR) is 48.7 cm³/mol. The van der Waals surface area contributed by atoms with Crippen LogP contribution in [0, 0.1) is 0 Å². The molecule has 0 amide bonds. The summed E-state index contributed by atoms with van der Waals surface area (Å²) in [5.41, 5.74) is 0. The van der Waals surface area contributed by atoms with Gasteiger partial charge in [-0.15, -0.1) is 0 Å². The molecule has 0 aromatic carbocycles.